The van der Waals surface area contributed by atoms with E-state index in [4.69, 9.17) is 0 Å². The fourth-order valence-electron chi connectivity index (χ4n) is 2.32. The van der Waals surface area contributed by atoms with Crippen LogP contribution in [0.3, 0.4) is 0 Å². The van der Waals surface area contributed by atoms with Crippen molar-refractivity contribution in [1.82, 2.24) is 9.88 Å². The van der Waals surface area contributed by atoms with E-state index in [9.17, 15) is 0 Å². The van der Waals surface area contributed by atoms with Crippen LogP contribution in [0.25, 0.3) is 10.9 Å². The molecule has 0 aliphatic carbocycles. The lowest BCUT2D eigenvalue weighted by molar-refractivity contribution is 0.608. The fraction of sp³-hybridized carbons (Fsp3) is 0.467. The molecule has 0 aliphatic rings. The summed E-state index contributed by atoms with van der Waals surface area (Å²) in [5.41, 5.74) is 4.05. The summed E-state index contributed by atoms with van der Waals surface area (Å²) in [5, 5.41) is 4.69. The molecule has 0 aliphatic heterocycles. The molecular formula is C15H22N2. The van der Waals surface area contributed by atoms with Crippen LogP contribution >= 0.6 is 0 Å². The lowest BCUT2D eigenvalue weighted by Gasteiger charge is -2.09. The third-order valence-corrected chi connectivity index (χ3v) is 3.48. The van der Waals surface area contributed by atoms with Gasteiger partial charge in [-0.1, -0.05) is 12.1 Å². The molecule has 92 valence electrons. The topological polar surface area (TPSA) is 17.0 Å². The molecule has 17 heavy (non-hydrogen) atoms. The number of rotatable bonds is 3. The van der Waals surface area contributed by atoms with Gasteiger partial charge < -0.3 is 9.88 Å². The molecule has 0 radical (unpaired) electrons. The third kappa shape index (κ3) is 2.09. The highest BCUT2D eigenvalue weighted by atomic mass is 15.0. The molecule has 2 aromatic rings. The maximum atomic E-state index is 3.33. The highest BCUT2D eigenvalue weighted by molar-refractivity contribution is 5.85. The summed E-state index contributed by atoms with van der Waals surface area (Å²) >= 11 is 0. The Kier molecular flexibility index (Phi) is 3.25. The lowest BCUT2D eigenvalue weighted by atomic mass is 10.1. The number of aryl methyl sites for hydroxylation is 1. The van der Waals surface area contributed by atoms with Crippen LogP contribution in [0.1, 0.15) is 44.0 Å². The Labute approximate surface area is 104 Å². The van der Waals surface area contributed by atoms with Gasteiger partial charge >= 0.3 is 0 Å². The van der Waals surface area contributed by atoms with Gasteiger partial charge in [0.2, 0.25) is 0 Å². The van der Waals surface area contributed by atoms with Gasteiger partial charge in [-0.2, -0.15) is 0 Å². The Morgan fingerprint density at radius 2 is 1.88 bits per heavy atom. The van der Waals surface area contributed by atoms with Gasteiger partial charge in [-0.3, -0.25) is 0 Å². The molecule has 2 nitrogen and oxygen atoms in total. The average molecular weight is 230 g/mol. The highest BCUT2D eigenvalue weighted by Gasteiger charge is 2.14. The summed E-state index contributed by atoms with van der Waals surface area (Å²) in [7, 11) is 2.01. The molecule has 2 rings (SSSR count). The molecule has 0 spiro atoms. The Hall–Kier alpha value is -1.28. The molecule has 1 heterocycles. The maximum Gasteiger partial charge on any atom is 0.0488 e. The van der Waals surface area contributed by atoms with E-state index in [-0.39, 0.29) is 0 Å². The van der Waals surface area contributed by atoms with Crippen LogP contribution in [-0.2, 0) is 0 Å². The van der Waals surface area contributed by atoms with E-state index >= 15 is 0 Å². The van der Waals surface area contributed by atoms with Crippen LogP contribution in [0, 0.1) is 6.92 Å². The first kappa shape index (κ1) is 12.2. The van der Waals surface area contributed by atoms with Crippen molar-refractivity contribution in [2.75, 3.05) is 7.05 Å². The Morgan fingerprint density at radius 3 is 2.47 bits per heavy atom. The highest BCUT2D eigenvalue weighted by Crippen LogP contribution is 2.29. The maximum absolute atomic E-state index is 3.33. The molecule has 1 unspecified atom stereocenters. The number of aromatic nitrogens is 1. The molecule has 1 aromatic carbocycles. The van der Waals surface area contributed by atoms with Gasteiger partial charge in [0.1, 0.15) is 0 Å². The van der Waals surface area contributed by atoms with Gasteiger partial charge in [-0.25, -0.2) is 0 Å². The summed E-state index contributed by atoms with van der Waals surface area (Å²) in [6.07, 6.45) is 2.29. The van der Waals surface area contributed by atoms with Gasteiger partial charge in [-0.05, 0) is 51.9 Å². The van der Waals surface area contributed by atoms with Gasteiger partial charge in [0.15, 0.2) is 0 Å². The smallest absolute Gasteiger partial charge is 0.0488 e. The van der Waals surface area contributed by atoms with E-state index in [1.807, 2.05) is 7.05 Å². The normalized spacial score (nSPS) is 13.5. The van der Waals surface area contributed by atoms with Crippen LogP contribution in [0.4, 0.5) is 0 Å². The monoisotopic (exact) mass is 230 g/mol. The molecular weight excluding hydrogens is 208 g/mol. The largest absolute Gasteiger partial charge is 0.345 e. The molecule has 0 amide bonds. The zero-order valence-corrected chi connectivity index (χ0v) is 11.4. The van der Waals surface area contributed by atoms with Crippen molar-refractivity contribution in [2.24, 2.45) is 0 Å². The van der Waals surface area contributed by atoms with E-state index in [1.165, 1.54) is 22.0 Å². The van der Waals surface area contributed by atoms with Gasteiger partial charge in [0, 0.05) is 29.2 Å². The van der Waals surface area contributed by atoms with Crippen molar-refractivity contribution in [3.63, 3.8) is 0 Å². The molecule has 0 bridgehead atoms. The Morgan fingerprint density at radius 1 is 1.18 bits per heavy atom. The van der Waals surface area contributed by atoms with Crippen LogP contribution < -0.4 is 5.32 Å². The quantitative estimate of drug-likeness (QED) is 0.848. The van der Waals surface area contributed by atoms with Gasteiger partial charge in [0.25, 0.3) is 0 Å². The van der Waals surface area contributed by atoms with Crippen molar-refractivity contribution in [1.29, 1.82) is 0 Å². The number of hydrogen-bond acceptors (Lipinski definition) is 1. The fourth-order valence-corrected chi connectivity index (χ4v) is 2.32. The molecule has 1 atom stereocenters. The van der Waals surface area contributed by atoms with Crippen LogP contribution in [0.5, 0.6) is 0 Å². The number of nitrogens with zero attached hydrogens (tertiary/aromatic N) is 1. The molecule has 1 aromatic heterocycles. The Balaban J connectivity index is 2.70. The first-order chi connectivity index (χ1) is 8.04. The second-order valence-corrected chi connectivity index (χ2v) is 5.12. The summed E-state index contributed by atoms with van der Waals surface area (Å²) in [4.78, 5) is 0. The zero-order valence-electron chi connectivity index (χ0n) is 11.4. The minimum atomic E-state index is 0.389. The third-order valence-electron chi connectivity index (χ3n) is 3.48. The Bertz CT molecular complexity index is 523. The predicted octanol–water partition coefficient (Wildman–Crippen LogP) is 3.81. The summed E-state index contributed by atoms with van der Waals surface area (Å²) in [6.45, 7) is 8.82. The number of fused-ring (bicyclic) bond motifs is 1. The van der Waals surface area contributed by atoms with E-state index < -0.39 is 0 Å². The predicted molar refractivity (Wildman–Crippen MR) is 74.5 cm³/mol. The molecule has 0 fully saturated rings. The SMILES string of the molecule is CNC(C)c1cn(C(C)C)c2cc(C)ccc12. The minimum absolute atomic E-state index is 0.389. The summed E-state index contributed by atoms with van der Waals surface area (Å²) < 4.78 is 2.37. The van der Waals surface area contributed by atoms with Crippen molar-refractivity contribution in [3.05, 3.63) is 35.5 Å². The van der Waals surface area contributed by atoms with E-state index in [1.54, 1.807) is 0 Å². The first-order valence-corrected chi connectivity index (χ1v) is 6.33. The van der Waals surface area contributed by atoms with Crippen molar-refractivity contribution in [3.8, 4) is 0 Å². The summed E-state index contributed by atoms with van der Waals surface area (Å²) in [5.74, 6) is 0. The second-order valence-electron chi connectivity index (χ2n) is 5.12. The average Bonchev–Trinajstić information content (AvgIpc) is 2.66. The van der Waals surface area contributed by atoms with Crippen LogP contribution in [0.15, 0.2) is 24.4 Å². The van der Waals surface area contributed by atoms with Crippen molar-refractivity contribution < 1.29 is 0 Å². The van der Waals surface area contributed by atoms with Crippen LogP contribution in [0.2, 0.25) is 0 Å². The zero-order chi connectivity index (χ0) is 12.6. The second kappa shape index (κ2) is 4.53. The van der Waals surface area contributed by atoms with Crippen LogP contribution in [-0.4, -0.2) is 11.6 Å². The number of hydrogen-bond donors (Lipinski definition) is 1. The first-order valence-electron chi connectivity index (χ1n) is 6.33. The molecule has 2 heteroatoms. The van der Waals surface area contributed by atoms with E-state index in [2.05, 4.69) is 62.0 Å². The number of nitrogens with one attached hydrogen (secondary N) is 1. The standard InChI is InChI=1S/C15H22N2/c1-10(2)17-9-14(12(4)16-5)13-7-6-11(3)8-15(13)17/h6-10,12,16H,1-5H3. The molecule has 0 saturated carbocycles. The molecule has 0 saturated heterocycles. The van der Waals surface area contributed by atoms with Crippen molar-refractivity contribution >= 4 is 10.9 Å². The summed E-state index contributed by atoms with van der Waals surface area (Å²) in [6, 6.07) is 7.60. The van der Waals surface area contributed by atoms with Crippen molar-refractivity contribution in [2.45, 2.75) is 39.8 Å². The van der Waals surface area contributed by atoms with E-state index in [0.29, 0.717) is 12.1 Å². The van der Waals surface area contributed by atoms with Gasteiger partial charge in [-0.15, -0.1) is 0 Å². The van der Waals surface area contributed by atoms with E-state index in [0.717, 1.165) is 0 Å². The lowest BCUT2D eigenvalue weighted by Crippen LogP contribution is -2.11. The minimum Gasteiger partial charge on any atom is -0.345 e. The number of benzene rings is 1. The molecule has 1 N–H and O–H groups in total. The van der Waals surface area contributed by atoms with Gasteiger partial charge in [0.05, 0.1) is 0 Å².